The quantitative estimate of drug-likeness (QED) is 0.841. The standard InChI is InChI=1S/C20H24N4O2/c21-13-15-4-6-16(7-5-15)17-2-1-3-18(12-17)20(26)24-10-8-23(9-11-24)14-19(22)25/h1-7,12H,8-11,13-14,21H2,(H2,22,25). The van der Waals surface area contributed by atoms with E-state index in [0.717, 1.165) is 16.7 Å². The first-order valence-electron chi connectivity index (χ1n) is 8.76. The highest BCUT2D eigenvalue weighted by molar-refractivity contribution is 5.95. The number of piperazine rings is 1. The number of primary amides is 1. The topological polar surface area (TPSA) is 92.7 Å². The van der Waals surface area contributed by atoms with Crippen LogP contribution >= 0.6 is 0 Å². The van der Waals surface area contributed by atoms with Crippen LogP contribution in [-0.2, 0) is 11.3 Å². The van der Waals surface area contributed by atoms with Gasteiger partial charge in [0.15, 0.2) is 0 Å². The molecule has 0 aliphatic carbocycles. The number of amides is 2. The Balaban J connectivity index is 1.69. The molecule has 0 unspecified atom stereocenters. The molecule has 2 aromatic rings. The Bertz CT molecular complexity index is 781. The molecule has 1 aliphatic heterocycles. The smallest absolute Gasteiger partial charge is 0.253 e. The molecule has 26 heavy (non-hydrogen) atoms. The van der Waals surface area contributed by atoms with Gasteiger partial charge in [-0.15, -0.1) is 0 Å². The lowest BCUT2D eigenvalue weighted by Crippen LogP contribution is -2.50. The zero-order valence-electron chi connectivity index (χ0n) is 14.7. The predicted octanol–water partition coefficient (Wildman–Crippen LogP) is 1.06. The second kappa shape index (κ2) is 8.12. The van der Waals surface area contributed by atoms with Crippen LogP contribution in [0.15, 0.2) is 48.5 Å². The van der Waals surface area contributed by atoms with Gasteiger partial charge in [-0.1, -0.05) is 36.4 Å². The Morgan fingerprint density at radius 2 is 1.62 bits per heavy atom. The fourth-order valence-electron chi connectivity index (χ4n) is 3.18. The van der Waals surface area contributed by atoms with Crippen LogP contribution in [0, 0.1) is 0 Å². The van der Waals surface area contributed by atoms with Crippen LogP contribution in [0.3, 0.4) is 0 Å². The van der Waals surface area contributed by atoms with Crippen molar-refractivity contribution >= 4 is 11.8 Å². The van der Waals surface area contributed by atoms with Gasteiger partial charge < -0.3 is 16.4 Å². The van der Waals surface area contributed by atoms with Gasteiger partial charge in [-0.3, -0.25) is 14.5 Å². The summed E-state index contributed by atoms with van der Waals surface area (Å²) in [5.74, 6) is -0.317. The average molecular weight is 352 g/mol. The van der Waals surface area contributed by atoms with E-state index in [-0.39, 0.29) is 18.4 Å². The summed E-state index contributed by atoms with van der Waals surface area (Å²) in [4.78, 5) is 27.6. The molecule has 6 heteroatoms. The molecule has 136 valence electrons. The lowest BCUT2D eigenvalue weighted by atomic mass is 10.0. The number of benzene rings is 2. The van der Waals surface area contributed by atoms with E-state index in [1.807, 2.05) is 58.3 Å². The van der Waals surface area contributed by atoms with E-state index in [1.165, 1.54) is 0 Å². The van der Waals surface area contributed by atoms with Crippen LogP contribution in [0.25, 0.3) is 11.1 Å². The van der Waals surface area contributed by atoms with E-state index in [2.05, 4.69) is 0 Å². The van der Waals surface area contributed by atoms with Crippen LogP contribution in [0.2, 0.25) is 0 Å². The van der Waals surface area contributed by atoms with Gasteiger partial charge in [0.2, 0.25) is 5.91 Å². The van der Waals surface area contributed by atoms with Crippen molar-refractivity contribution in [3.8, 4) is 11.1 Å². The van der Waals surface area contributed by atoms with Gasteiger partial charge in [0.05, 0.1) is 6.54 Å². The van der Waals surface area contributed by atoms with Gasteiger partial charge in [-0.25, -0.2) is 0 Å². The molecule has 0 radical (unpaired) electrons. The molecule has 0 spiro atoms. The molecule has 3 rings (SSSR count). The summed E-state index contributed by atoms with van der Waals surface area (Å²) < 4.78 is 0. The summed E-state index contributed by atoms with van der Waals surface area (Å²) in [5, 5.41) is 0. The number of carbonyl (C=O) groups is 2. The largest absolute Gasteiger partial charge is 0.369 e. The summed E-state index contributed by atoms with van der Waals surface area (Å²) in [6.07, 6.45) is 0. The number of carbonyl (C=O) groups excluding carboxylic acids is 2. The van der Waals surface area contributed by atoms with Crippen molar-refractivity contribution in [2.45, 2.75) is 6.54 Å². The van der Waals surface area contributed by atoms with Gasteiger partial charge in [-0.2, -0.15) is 0 Å². The van der Waals surface area contributed by atoms with Gasteiger partial charge in [-0.05, 0) is 28.8 Å². The third-order valence-corrected chi connectivity index (χ3v) is 4.67. The van der Waals surface area contributed by atoms with Crippen molar-refractivity contribution < 1.29 is 9.59 Å². The average Bonchev–Trinajstić information content (AvgIpc) is 2.68. The van der Waals surface area contributed by atoms with Gasteiger partial charge in [0, 0.05) is 38.3 Å². The maximum Gasteiger partial charge on any atom is 0.253 e. The number of hydrogen-bond acceptors (Lipinski definition) is 4. The molecule has 4 N–H and O–H groups in total. The van der Waals surface area contributed by atoms with Gasteiger partial charge in [0.25, 0.3) is 5.91 Å². The zero-order chi connectivity index (χ0) is 18.5. The highest BCUT2D eigenvalue weighted by Gasteiger charge is 2.22. The first-order chi connectivity index (χ1) is 12.6. The van der Waals surface area contributed by atoms with Crippen LogP contribution in [0.4, 0.5) is 0 Å². The summed E-state index contributed by atoms with van der Waals surface area (Å²) in [5.41, 5.74) is 14.7. The maximum absolute atomic E-state index is 12.8. The summed E-state index contributed by atoms with van der Waals surface area (Å²) in [6.45, 7) is 3.28. The zero-order valence-corrected chi connectivity index (χ0v) is 14.7. The lowest BCUT2D eigenvalue weighted by Gasteiger charge is -2.34. The minimum absolute atomic E-state index is 0.0177. The van der Waals surface area contributed by atoms with Crippen molar-refractivity contribution in [2.24, 2.45) is 11.5 Å². The van der Waals surface area contributed by atoms with E-state index in [9.17, 15) is 9.59 Å². The van der Waals surface area contributed by atoms with Crippen molar-refractivity contribution in [1.82, 2.24) is 9.80 Å². The summed E-state index contributed by atoms with van der Waals surface area (Å²) in [6, 6.07) is 15.7. The molecule has 0 aromatic heterocycles. The van der Waals surface area contributed by atoms with E-state index in [1.54, 1.807) is 0 Å². The maximum atomic E-state index is 12.8. The first kappa shape index (κ1) is 18.1. The van der Waals surface area contributed by atoms with Crippen LogP contribution in [0.1, 0.15) is 15.9 Å². The highest BCUT2D eigenvalue weighted by Crippen LogP contribution is 2.22. The minimum Gasteiger partial charge on any atom is -0.369 e. The molecule has 1 saturated heterocycles. The van der Waals surface area contributed by atoms with Gasteiger partial charge >= 0.3 is 0 Å². The van der Waals surface area contributed by atoms with Crippen molar-refractivity contribution in [3.05, 3.63) is 59.7 Å². The highest BCUT2D eigenvalue weighted by atomic mass is 16.2. The minimum atomic E-state index is -0.335. The van der Waals surface area contributed by atoms with E-state index < -0.39 is 0 Å². The number of rotatable bonds is 5. The Morgan fingerprint density at radius 1 is 0.923 bits per heavy atom. The van der Waals surface area contributed by atoms with E-state index in [0.29, 0.717) is 38.3 Å². The number of nitrogens with two attached hydrogens (primary N) is 2. The summed E-state index contributed by atoms with van der Waals surface area (Å²) in [7, 11) is 0. The SMILES string of the molecule is NCc1ccc(-c2cccc(C(=O)N3CCN(CC(N)=O)CC3)c2)cc1. The third kappa shape index (κ3) is 4.28. The lowest BCUT2D eigenvalue weighted by molar-refractivity contribution is -0.119. The molecule has 1 fully saturated rings. The molecule has 2 aromatic carbocycles. The molecular formula is C20H24N4O2. The molecule has 0 atom stereocenters. The third-order valence-electron chi connectivity index (χ3n) is 4.67. The van der Waals surface area contributed by atoms with E-state index >= 15 is 0 Å². The number of hydrogen-bond donors (Lipinski definition) is 2. The fourth-order valence-corrected chi connectivity index (χ4v) is 3.18. The monoisotopic (exact) mass is 352 g/mol. The van der Waals surface area contributed by atoms with Crippen LogP contribution < -0.4 is 11.5 Å². The van der Waals surface area contributed by atoms with Crippen molar-refractivity contribution in [3.63, 3.8) is 0 Å². The Hall–Kier alpha value is -2.70. The molecule has 2 amide bonds. The second-order valence-electron chi connectivity index (χ2n) is 6.52. The van der Waals surface area contributed by atoms with E-state index in [4.69, 9.17) is 11.5 Å². The van der Waals surface area contributed by atoms with Crippen molar-refractivity contribution in [1.29, 1.82) is 0 Å². The Kier molecular flexibility index (Phi) is 5.65. The molecule has 0 bridgehead atoms. The Labute approximate surface area is 153 Å². The normalized spacial score (nSPS) is 15.0. The second-order valence-corrected chi connectivity index (χ2v) is 6.52. The molecule has 0 saturated carbocycles. The van der Waals surface area contributed by atoms with Crippen molar-refractivity contribution in [2.75, 3.05) is 32.7 Å². The molecule has 1 heterocycles. The Morgan fingerprint density at radius 3 is 2.23 bits per heavy atom. The first-order valence-corrected chi connectivity index (χ1v) is 8.76. The number of nitrogens with zero attached hydrogens (tertiary/aromatic N) is 2. The summed E-state index contributed by atoms with van der Waals surface area (Å²) >= 11 is 0. The molecule has 1 aliphatic rings. The molecule has 6 nitrogen and oxygen atoms in total. The van der Waals surface area contributed by atoms with Crippen LogP contribution in [-0.4, -0.2) is 54.3 Å². The molecular weight excluding hydrogens is 328 g/mol. The van der Waals surface area contributed by atoms with Gasteiger partial charge in [0.1, 0.15) is 0 Å². The van der Waals surface area contributed by atoms with Crippen LogP contribution in [0.5, 0.6) is 0 Å². The fraction of sp³-hybridized carbons (Fsp3) is 0.300. The predicted molar refractivity (Wildman–Crippen MR) is 101 cm³/mol.